The summed E-state index contributed by atoms with van der Waals surface area (Å²) < 4.78 is 5.21. The normalized spacial score (nSPS) is 13.5. The average molecular weight is 387 g/mol. The van der Waals surface area contributed by atoms with Crippen molar-refractivity contribution in [2.75, 3.05) is 26.3 Å². The van der Waals surface area contributed by atoms with E-state index in [-0.39, 0.29) is 55.0 Å². The van der Waals surface area contributed by atoms with Crippen LogP contribution >= 0.6 is 0 Å². The number of pyridine rings is 1. The molecule has 0 spiro atoms. The minimum Gasteiger partial charge on any atom is -0.379 e. The van der Waals surface area contributed by atoms with Crippen LogP contribution in [0.5, 0.6) is 0 Å². The van der Waals surface area contributed by atoms with Crippen molar-refractivity contribution in [1.82, 2.24) is 9.88 Å². The molecule has 0 unspecified atom stereocenters. The molecule has 3 nitrogen and oxygen atoms in total. The molecule has 0 aliphatic carbocycles. The van der Waals surface area contributed by atoms with E-state index in [0.29, 0.717) is 12.0 Å². The zero-order valence-electron chi connectivity index (χ0n) is 12.7. The average Bonchev–Trinajstić information content (AvgIpc) is 2.41. The third-order valence-electron chi connectivity index (χ3n) is 3.06. The number of hydrogen-bond donors (Lipinski definition) is 0. The van der Waals surface area contributed by atoms with Crippen molar-refractivity contribution in [1.29, 1.82) is 0 Å². The van der Waals surface area contributed by atoms with Gasteiger partial charge in [0, 0.05) is 63.7 Å². The second-order valence-corrected chi connectivity index (χ2v) is 5.15. The van der Waals surface area contributed by atoms with Gasteiger partial charge in [-0.1, -0.05) is 42.2 Å². The van der Waals surface area contributed by atoms with Crippen molar-refractivity contribution in [2.24, 2.45) is 0 Å². The molecule has 0 bridgehead atoms. The zero-order chi connectivity index (χ0) is 13.4. The minimum atomic E-state index is 0. The van der Waals surface area contributed by atoms with Crippen LogP contribution < -0.4 is 0 Å². The largest absolute Gasteiger partial charge is 0.379 e. The fourth-order valence-corrected chi connectivity index (χ4v) is 1.81. The predicted octanol–water partition coefficient (Wildman–Crippen LogP) is 4.84. The Morgan fingerprint density at radius 2 is 1.55 bits per heavy atom. The van der Waals surface area contributed by atoms with Crippen molar-refractivity contribution < 1.29 is 37.4 Å². The van der Waals surface area contributed by atoms with Crippen LogP contribution in [0.3, 0.4) is 0 Å². The molecule has 129 valence electrons. The quantitative estimate of drug-likeness (QED) is 0.726. The standard InChI is InChI=1S/C8H11N.C7H15NO.3CH4.Y/c1-7(2)8-5-3-4-6-9-8;1-7(2)8-3-5-9-6-4-8;;;;/h3-7H,1-2H3;7H,3-6H2,1-2H3;3*1H4;. The summed E-state index contributed by atoms with van der Waals surface area (Å²) in [4.78, 5) is 6.61. The molecule has 2 heterocycles. The zero-order valence-corrected chi connectivity index (χ0v) is 15.5. The van der Waals surface area contributed by atoms with E-state index in [1.807, 2.05) is 24.4 Å². The monoisotopic (exact) mass is 387 g/mol. The molecular weight excluding hydrogens is 349 g/mol. The van der Waals surface area contributed by atoms with Crippen LogP contribution in [0.25, 0.3) is 0 Å². The van der Waals surface area contributed by atoms with Crippen LogP contribution in [0.15, 0.2) is 24.4 Å². The van der Waals surface area contributed by atoms with Gasteiger partial charge in [0.25, 0.3) is 0 Å². The van der Waals surface area contributed by atoms with Gasteiger partial charge in [-0.05, 0) is 31.9 Å². The SMILES string of the molecule is C.C.C.CC(C)N1CCOCC1.CC(C)c1ccccn1.[Y]. The van der Waals surface area contributed by atoms with E-state index in [1.165, 1.54) is 0 Å². The van der Waals surface area contributed by atoms with Crippen LogP contribution in [-0.4, -0.2) is 42.2 Å². The Balaban J connectivity index is -0.000000125. The van der Waals surface area contributed by atoms with Crippen LogP contribution in [0.1, 0.15) is 61.6 Å². The number of nitrogens with zero attached hydrogens (tertiary/aromatic N) is 2. The van der Waals surface area contributed by atoms with Crippen LogP contribution in [0, 0.1) is 0 Å². The van der Waals surface area contributed by atoms with Crippen LogP contribution in [-0.2, 0) is 37.4 Å². The van der Waals surface area contributed by atoms with E-state index in [1.54, 1.807) is 0 Å². The van der Waals surface area contributed by atoms with Gasteiger partial charge in [0.15, 0.2) is 0 Å². The first-order valence-electron chi connectivity index (χ1n) is 6.84. The molecule has 1 aromatic rings. The Bertz CT molecular complexity index is 312. The molecule has 2 rings (SSSR count). The van der Waals surface area contributed by atoms with Crippen LogP contribution in [0.4, 0.5) is 0 Å². The number of rotatable bonds is 2. The number of ether oxygens (including phenoxy) is 1. The molecule has 22 heavy (non-hydrogen) atoms. The van der Waals surface area contributed by atoms with Gasteiger partial charge in [0.1, 0.15) is 0 Å². The van der Waals surface area contributed by atoms with Gasteiger partial charge in [-0.15, -0.1) is 0 Å². The topological polar surface area (TPSA) is 25.4 Å². The Hall–Kier alpha value is 0.174. The predicted molar refractivity (Wildman–Crippen MR) is 96.0 cm³/mol. The number of hydrogen-bond acceptors (Lipinski definition) is 3. The fourth-order valence-electron chi connectivity index (χ4n) is 1.81. The molecule has 0 aromatic carbocycles. The third kappa shape index (κ3) is 12.7. The van der Waals surface area contributed by atoms with Crippen molar-refractivity contribution >= 4 is 0 Å². The molecule has 0 N–H and O–H groups in total. The smallest absolute Gasteiger partial charge is 0.0594 e. The molecule has 1 radical (unpaired) electrons. The molecule has 0 amide bonds. The summed E-state index contributed by atoms with van der Waals surface area (Å²) in [7, 11) is 0. The van der Waals surface area contributed by atoms with Gasteiger partial charge in [-0.2, -0.15) is 0 Å². The molecule has 0 saturated carbocycles. The van der Waals surface area contributed by atoms with E-state index < -0.39 is 0 Å². The molecular formula is C18H38N2OY. The fraction of sp³-hybridized carbons (Fsp3) is 0.722. The molecule has 1 saturated heterocycles. The molecule has 1 aromatic heterocycles. The van der Waals surface area contributed by atoms with E-state index in [2.05, 4.69) is 37.6 Å². The third-order valence-corrected chi connectivity index (χ3v) is 3.06. The second kappa shape index (κ2) is 17.5. The van der Waals surface area contributed by atoms with Crippen molar-refractivity contribution in [3.8, 4) is 0 Å². The number of aromatic nitrogens is 1. The van der Waals surface area contributed by atoms with E-state index in [4.69, 9.17) is 4.74 Å². The summed E-state index contributed by atoms with van der Waals surface area (Å²) in [6.45, 7) is 12.8. The maximum Gasteiger partial charge on any atom is 0.0594 e. The molecule has 0 atom stereocenters. The second-order valence-electron chi connectivity index (χ2n) is 5.15. The van der Waals surface area contributed by atoms with Crippen molar-refractivity contribution in [3.63, 3.8) is 0 Å². The van der Waals surface area contributed by atoms with Crippen molar-refractivity contribution in [2.45, 2.75) is 61.9 Å². The molecule has 4 heteroatoms. The first kappa shape index (κ1) is 30.1. The van der Waals surface area contributed by atoms with Crippen LogP contribution in [0.2, 0.25) is 0 Å². The summed E-state index contributed by atoms with van der Waals surface area (Å²) in [5.41, 5.74) is 1.16. The summed E-state index contributed by atoms with van der Waals surface area (Å²) in [6, 6.07) is 6.69. The Morgan fingerprint density at radius 1 is 1.00 bits per heavy atom. The van der Waals surface area contributed by atoms with Gasteiger partial charge >= 0.3 is 0 Å². The Labute approximate surface area is 165 Å². The summed E-state index contributed by atoms with van der Waals surface area (Å²) in [5, 5.41) is 0. The van der Waals surface area contributed by atoms with E-state index in [0.717, 1.165) is 32.0 Å². The summed E-state index contributed by atoms with van der Waals surface area (Å²) in [5.74, 6) is 0.547. The summed E-state index contributed by atoms with van der Waals surface area (Å²) >= 11 is 0. The van der Waals surface area contributed by atoms with E-state index >= 15 is 0 Å². The molecule has 1 fully saturated rings. The molecule has 1 aliphatic heterocycles. The van der Waals surface area contributed by atoms with Gasteiger partial charge in [0.2, 0.25) is 0 Å². The Morgan fingerprint density at radius 3 is 1.82 bits per heavy atom. The maximum absolute atomic E-state index is 5.21. The van der Waals surface area contributed by atoms with Gasteiger partial charge in [0.05, 0.1) is 13.2 Å². The Kier molecular flexibility index (Phi) is 24.0. The van der Waals surface area contributed by atoms with Crippen molar-refractivity contribution in [3.05, 3.63) is 30.1 Å². The summed E-state index contributed by atoms with van der Waals surface area (Å²) in [6.07, 6.45) is 1.83. The maximum atomic E-state index is 5.21. The van der Waals surface area contributed by atoms with Gasteiger partial charge in [-0.3, -0.25) is 9.88 Å². The number of morpholine rings is 1. The molecule has 1 aliphatic rings. The van der Waals surface area contributed by atoms with Gasteiger partial charge < -0.3 is 4.74 Å². The first-order valence-corrected chi connectivity index (χ1v) is 6.84. The minimum absolute atomic E-state index is 0. The van der Waals surface area contributed by atoms with Gasteiger partial charge in [-0.25, -0.2) is 0 Å². The van der Waals surface area contributed by atoms with E-state index in [9.17, 15) is 0 Å². The first-order chi connectivity index (χ1) is 8.61.